The van der Waals surface area contributed by atoms with Crippen LogP contribution in [0.3, 0.4) is 0 Å². The van der Waals surface area contributed by atoms with Crippen molar-refractivity contribution in [1.29, 1.82) is 0 Å². The van der Waals surface area contributed by atoms with Gasteiger partial charge in [0, 0.05) is 26.6 Å². The molecule has 3 heterocycles. The highest BCUT2D eigenvalue weighted by Crippen LogP contribution is 2.37. The van der Waals surface area contributed by atoms with Gasteiger partial charge in [-0.3, -0.25) is 4.79 Å². The molecule has 104 valence electrons. The predicted octanol–water partition coefficient (Wildman–Crippen LogP) is 1.91. The van der Waals surface area contributed by atoms with Gasteiger partial charge < -0.3 is 9.80 Å². The summed E-state index contributed by atoms with van der Waals surface area (Å²) in [4.78, 5) is 16.4. The first-order valence-electron chi connectivity index (χ1n) is 7.01. The predicted molar refractivity (Wildman–Crippen MR) is 75.3 cm³/mol. The lowest BCUT2D eigenvalue weighted by molar-refractivity contribution is -0.138. The van der Waals surface area contributed by atoms with E-state index in [0.717, 1.165) is 50.4 Å². The molecule has 2 aliphatic heterocycles. The van der Waals surface area contributed by atoms with Crippen molar-refractivity contribution in [2.75, 3.05) is 24.5 Å². The SMILES string of the molecule is CC(=O)N1CCCC[C@]12CCCN(c1nncs1)C2. The average Bonchev–Trinajstić information content (AvgIpc) is 2.93. The number of carbonyl (C=O) groups is 1. The van der Waals surface area contributed by atoms with Gasteiger partial charge in [-0.05, 0) is 32.1 Å². The van der Waals surface area contributed by atoms with Crippen molar-refractivity contribution in [3.63, 3.8) is 0 Å². The number of nitrogens with zero attached hydrogens (tertiary/aromatic N) is 4. The van der Waals surface area contributed by atoms with Crippen molar-refractivity contribution < 1.29 is 4.79 Å². The first-order valence-corrected chi connectivity index (χ1v) is 7.89. The average molecular weight is 280 g/mol. The Kier molecular flexibility index (Phi) is 3.43. The van der Waals surface area contributed by atoms with Crippen molar-refractivity contribution in [3.05, 3.63) is 5.51 Å². The number of amides is 1. The second-order valence-electron chi connectivity index (χ2n) is 5.60. The summed E-state index contributed by atoms with van der Waals surface area (Å²) in [5, 5.41) is 9.10. The van der Waals surface area contributed by atoms with Crippen LogP contribution >= 0.6 is 11.3 Å². The number of rotatable bonds is 1. The van der Waals surface area contributed by atoms with Crippen LogP contribution in [0.5, 0.6) is 0 Å². The molecule has 0 bridgehead atoms. The monoisotopic (exact) mass is 280 g/mol. The van der Waals surface area contributed by atoms with Crippen LogP contribution in [-0.4, -0.2) is 46.2 Å². The minimum absolute atomic E-state index is 0.0357. The third kappa shape index (κ3) is 2.33. The van der Waals surface area contributed by atoms with Crippen molar-refractivity contribution in [2.24, 2.45) is 0 Å². The van der Waals surface area contributed by atoms with Crippen molar-refractivity contribution in [3.8, 4) is 0 Å². The van der Waals surface area contributed by atoms with Gasteiger partial charge in [-0.15, -0.1) is 10.2 Å². The summed E-state index contributed by atoms with van der Waals surface area (Å²) < 4.78 is 0. The minimum Gasteiger partial charge on any atom is -0.344 e. The Morgan fingerprint density at radius 2 is 2.16 bits per heavy atom. The van der Waals surface area contributed by atoms with Crippen LogP contribution in [0.2, 0.25) is 0 Å². The fourth-order valence-corrected chi connectivity index (χ4v) is 4.18. The molecule has 1 atom stereocenters. The van der Waals surface area contributed by atoms with Crippen molar-refractivity contribution in [2.45, 2.75) is 44.6 Å². The molecule has 0 aromatic carbocycles. The van der Waals surface area contributed by atoms with Crippen LogP contribution in [-0.2, 0) is 4.79 Å². The third-order valence-electron chi connectivity index (χ3n) is 4.40. The van der Waals surface area contributed by atoms with Crippen LogP contribution in [0.4, 0.5) is 5.13 Å². The molecule has 0 radical (unpaired) electrons. The lowest BCUT2D eigenvalue weighted by Crippen LogP contribution is -2.62. The van der Waals surface area contributed by atoms with Crippen LogP contribution in [0.1, 0.15) is 39.0 Å². The number of anilines is 1. The number of aromatic nitrogens is 2. The summed E-state index contributed by atoms with van der Waals surface area (Å²) in [5.74, 6) is 0.221. The molecule has 0 N–H and O–H groups in total. The molecule has 1 spiro atoms. The van der Waals surface area contributed by atoms with E-state index in [9.17, 15) is 4.79 Å². The van der Waals surface area contributed by atoms with Gasteiger partial charge >= 0.3 is 0 Å². The standard InChI is InChI=1S/C13H20N4OS/c1-11(18)17-8-3-2-5-13(17)6-4-7-16(9-13)12-15-14-10-19-12/h10H,2-9H2,1H3/t13-/m1/s1. The Hall–Kier alpha value is -1.17. The van der Waals surface area contributed by atoms with Gasteiger partial charge in [0.15, 0.2) is 0 Å². The van der Waals surface area contributed by atoms with E-state index in [1.807, 2.05) is 0 Å². The molecule has 1 amide bonds. The van der Waals surface area contributed by atoms with Gasteiger partial charge in [-0.2, -0.15) is 0 Å². The molecule has 1 aromatic heterocycles. The zero-order valence-corrected chi connectivity index (χ0v) is 12.2. The summed E-state index contributed by atoms with van der Waals surface area (Å²) in [5.41, 5.74) is 1.81. The van der Waals surface area contributed by atoms with E-state index in [2.05, 4.69) is 20.0 Å². The summed E-state index contributed by atoms with van der Waals surface area (Å²) >= 11 is 1.59. The highest BCUT2D eigenvalue weighted by molar-refractivity contribution is 7.13. The molecule has 0 unspecified atom stereocenters. The Morgan fingerprint density at radius 1 is 1.32 bits per heavy atom. The van der Waals surface area contributed by atoms with Crippen molar-refractivity contribution >= 4 is 22.4 Å². The molecule has 19 heavy (non-hydrogen) atoms. The van der Waals surface area contributed by atoms with Crippen LogP contribution in [0.25, 0.3) is 0 Å². The molecule has 1 aromatic rings. The molecular weight excluding hydrogens is 260 g/mol. The zero-order valence-electron chi connectivity index (χ0n) is 11.3. The molecule has 0 saturated carbocycles. The van der Waals surface area contributed by atoms with E-state index in [4.69, 9.17) is 0 Å². The van der Waals surface area contributed by atoms with Gasteiger partial charge in [0.2, 0.25) is 11.0 Å². The maximum absolute atomic E-state index is 11.9. The largest absolute Gasteiger partial charge is 0.344 e. The Labute approximate surface area is 117 Å². The smallest absolute Gasteiger partial charge is 0.219 e. The maximum Gasteiger partial charge on any atom is 0.219 e. The Bertz CT molecular complexity index is 446. The van der Waals surface area contributed by atoms with Crippen LogP contribution in [0, 0.1) is 0 Å². The fourth-order valence-electron chi connectivity index (χ4n) is 3.59. The van der Waals surface area contributed by atoms with E-state index < -0.39 is 0 Å². The first-order chi connectivity index (χ1) is 9.21. The van der Waals surface area contributed by atoms with Gasteiger partial charge in [-0.25, -0.2) is 0 Å². The van der Waals surface area contributed by atoms with Crippen molar-refractivity contribution in [1.82, 2.24) is 15.1 Å². The van der Waals surface area contributed by atoms with Crippen LogP contribution in [0.15, 0.2) is 5.51 Å². The Balaban J connectivity index is 1.83. The lowest BCUT2D eigenvalue weighted by atomic mass is 9.80. The fraction of sp³-hybridized carbons (Fsp3) is 0.769. The Morgan fingerprint density at radius 3 is 2.89 bits per heavy atom. The van der Waals surface area contributed by atoms with Gasteiger partial charge in [-0.1, -0.05) is 11.3 Å². The molecule has 0 aliphatic carbocycles. The summed E-state index contributed by atoms with van der Waals surface area (Å²) in [7, 11) is 0. The molecule has 2 saturated heterocycles. The second-order valence-corrected chi connectivity index (χ2v) is 6.41. The molecule has 5 nitrogen and oxygen atoms in total. The molecule has 3 rings (SSSR count). The molecule has 6 heteroatoms. The van der Waals surface area contributed by atoms with E-state index >= 15 is 0 Å². The highest BCUT2D eigenvalue weighted by atomic mass is 32.1. The van der Waals surface area contributed by atoms with E-state index in [0.29, 0.717) is 0 Å². The van der Waals surface area contributed by atoms with E-state index in [-0.39, 0.29) is 11.4 Å². The van der Waals surface area contributed by atoms with Gasteiger partial charge in [0.05, 0.1) is 5.54 Å². The minimum atomic E-state index is 0.0357. The van der Waals surface area contributed by atoms with Gasteiger partial charge in [0.1, 0.15) is 5.51 Å². The number of hydrogen-bond acceptors (Lipinski definition) is 5. The first kappa shape index (κ1) is 12.8. The normalized spacial score (nSPS) is 27.8. The zero-order chi connectivity index (χ0) is 13.3. The maximum atomic E-state index is 11.9. The number of hydrogen-bond donors (Lipinski definition) is 0. The number of carbonyl (C=O) groups excluding carboxylic acids is 1. The highest BCUT2D eigenvalue weighted by Gasteiger charge is 2.43. The third-order valence-corrected chi connectivity index (χ3v) is 5.15. The lowest BCUT2D eigenvalue weighted by Gasteiger charge is -2.52. The van der Waals surface area contributed by atoms with Gasteiger partial charge in [0.25, 0.3) is 0 Å². The summed E-state index contributed by atoms with van der Waals surface area (Å²) in [6.45, 7) is 4.57. The summed E-state index contributed by atoms with van der Waals surface area (Å²) in [6.07, 6.45) is 5.75. The van der Waals surface area contributed by atoms with Crippen LogP contribution < -0.4 is 4.90 Å². The topological polar surface area (TPSA) is 49.3 Å². The summed E-state index contributed by atoms with van der Waals surface area (Å²) in [6, 6.07) is 0. The van der Waals surface area contributed by atoms with E-state index in [1.165, 1.54) is 6.42 Å². The molecule has 2 aliphatic rings. The molecular formula is C13H20N4OS. The second kappa shape index (κ2) is 5.07. The quantitative estimate of drug-likeness (QED) is 0.788. The number of likely N-dealkylation sites (tertiary alicyclic amines) is 1. The van der Waals surface area contributed by atoms with E-state index in [1.54, 1.807) is 23.8 Å². The number of piperidine rings is 2. The molecule has 2 fully saturated rings.